The van der Waals surface area contributed by atoms with Gasteiger partial charge in [0.05, 0.1) is 10.7 Å². The summed E-state index contributed by atoms with van der Waals surface area (Å²) in [6.45, 7) is 6.36. The third kappa shape index (κ3) is 2.64. The van der Waals surface area contributed by atoms with Crippen LogP contribution in [0.1, 0.15) is 12.0 Å². The lowest BCUT2D eigenvalue weighted by Gasteiger charge is -2.23. The molecule has 1 aromatic rings. The van der Waals surface area contributed by atoms with Crippen LogP contribution in [0.15, 0.2) is 18.2 Å². The highest BCUT2D eigenvalue weighted by Crippen LogP contribution is 2.26. The molecule has 15 heavy (non-hydrogen) atoms. The first-order valence-electron chi connectivity index (χ1n) is 5.49. The van der Waals surface area contributed by atoms with Gasteiger partial charge in [-0.15, -0.1) is 0 Å². The largest absolute Gasteiger partial charge is 0.369 e. The third-order valence-electron chi connectivity index (χ3n) is 2.78. The molecule has 2 nitrogen and oxygen atoms in total. The maximum Gasteiger partial charge on any atom is 0.0642 e. The first-order chi connectivity index (χ1) is 7.27. The van der Waals surface area contributed by atoms with E-state index >= 15 is 0 Å². The van der Waals surface area contributed by atoms with Gasteiger partial charge in [-0.05, 0) is 37.6 Å². The lowest BCUT2D eigenvalue weighted by molar-refractivity contribution is 0.724. The zero-order valence-electron chi connectivity index (χ0n) is 9.09. The summed E-state index contributed by atoms with van der Waals surface area (Å²) < 4.78 is 0. The molecule has 1 aliphatic rings. The molecule has 1 saturated heterocycles. The van der Waals surface area contributed by atoms with E-state index in [2.05, 4.69) is 29.3 Å². The minimum atomic E-state index is 0.872. The summed E-state index contributed by atoms with van der Waals surface area (Å²) in [5.74, 6) is 0. The summed E-state index contributed by atoms with van der Waals surface area (Å²) in [4.78, 5) is 2.36. The van der Waals surface area contributed by atoms with Gasteiger partial charge in [-0.3, -0.25) is 0 Å². The fourth-order valence-electron chi connectivity index (χ4n) is 1.96. The van der Waals surface area contributed by atoms with Gasteiger partial charge in [0.1, 0.15) is 0 Å². The van der Waals surface area contributed by atoms with Gasteiger partial charge < -0.3 is 10.2 Å². The number of rotatable bonds is 1. The topological polar surface area (TPSA) is 15.3 Å². The van der Waals surface area contributed by atoms with E-state index in [1.807, 2.05) is 6.07 Å². The number of nitrogens with zero attached hydrogens (tertiary/aromatic N) is 1. The molecule has 0 atom stereocenters. The Morgan fingerprint density at radius 3 is 2.93 bits per heavy atom. The molecule has 0 bridgehead atoms. The summed E-state index contributed by atoms with van der Waals surface area (Å²) >= 11 is 6.25. The molecule has 3 heteroatoms. The third-order valence-corrected chi connectivity index (χ3v) is 3.09. The van der Waals surface area contributed by atoms with Gasteiger partial charge in [-0.2, -0.15) is 0 Å². The predicted molar refractivity (Wildman–Crippen MR) is 65.9 cm³/mol. The van der Waals surface area contributed by atoms with Gasteiger partial charge in [0.25, 0.3) is 0 Å². The Kier molecular flexibility index (Phi) is 3.49. The highest BCUT2D eigenvalue weighted by atomic mass is 35.5. The number of halogens is 1. The average Bonchev–Trinajstić information content (AvgIpc) is 2.46. The van der Waals surface area contributed by atoms with Gasteiger partial charge in [0, 0.05) is 19.6 Å². The van der Waals surface area contributed by atoms with Crippen LogP contribution in [0, 0.1) is 6.92 Å². The number of hydrogen-bond acceptors (Lipinski definition) is 2. The normalized spacial score (nSPS) is 17.6. The maximum atomic E-state index is 6.25. The molecule has 1 aliphatic heterocycles. The highest BCUT2D eigenvalue weighted by molar-refractivity contribution is 6.33. The van der Waals surface area contributed by atoms with Gasteiger partial charge in [0.15, 0.2) is 0 Å². The summed E-state index contributed by atoms with van der Waals surface area (Å²) in [5, 5.41) is 4.27. The highest BCUT2D eigenvalue weighted by Gasteiger charge is 2.11. The van der Waals surface area contributed by atoms with Crippen LogP contribution < -0.4 is 10.2 Å². The van der Waals surface area contributed by atoms with Gasteiger partial charge in [-0.1, -0.05) is 17.7 Å². The van der Waals surface area contributed by atoms with Crippen LogP contribution in [0.5, 0.6) is 0 Å². The van der Waals surface area contributed by atoms with Gasteiger partial charge >= 0.3 is 0 Å². The molecule has 1 aromatic carbocycles. The molecule has 0 aliphatic carbocycles. The molecule has 0 aromatic heterocycles. The monoisotopic (exact) mass is 224 g/mol. The Labute approximate surface area is 96.2 Å². The second-order valence-electron chi connectivity index (χ2n) is 4.05. The molecule has 1 N–H and O–H groups in total. The number of hydrogen-bond donors (Lipinski definition) is 1. The Bertz CT molecular complexity index is 330. The number of anilines is 1. The lowest BCUT2D eigenvalue weighted by Crippen LogP contribution is -2.27. The molecule has 1 fully saturated rings. The van der Waals surface area contributed by atoms with Crippen molar-refractivity contribution in [3.05, 3.63) is 28.8 Å². The summed E-state index contributed by atoms with van der Waals surface area (Å²) in [6.07, 6.45) is 1.18. The van der Waals surface area contributed by atoms with Crippen LogP contribution >= 0.6 is 11.6 Å². The predicted octanol–water partition coefficient (Wildman–Crippen LogP) is 2.45. The molecule has 2 rings (SSSR count). The van der Waals surface area contributed by atoms with E-state index in [0.717, 1.165) is 31.2 Å². The van der Waals surface area contributed by atoms with E-state index in [4.69, 9.17) is 11.6 Å². The lowest BCUT2D eigenvalue weighted by atomic mass is 10.2. The van der Waals surface area contributed by atoms with E-state index in [-0.39, 0.29) is 0 Å². The van der Waals surface area contributed by atoms with Crippen molar-refractivity contribution in [2.45, 2.75) is 13.3 Å². The summed E-state index contributed by atoms with van der Waals surface area (Å²) in [5.41, 5.74) is 2.39. The van der Waals surface area contributed by atoms with Gasteiger partial charge in [-0.25, -0.2) is 0 Å². The number of aryl methyl sites for hydroxylation is 1. The quantitative estimate of drug-likeness (QED) is 0.789. The van der Waals surface area contributed by atoms with Gasteiger partial charge in [0.2, 0.25) is 0 Å². The van der Waals surface area contributed by atoms with E-state index in [1.165, 1.54) is 17.7 Å². The molecule has 1 heterocycles. The van der Waals surface area contributed by atoms with Crippen LogP contribution in [-0.2, 0) is 0 Å². The molecule has 0 amide bonds. The van der Waals surface area contributed by atoms with E-state index in [9.17, 15) is 0 Å². The number of benzene rings is 1. The second kappa shape index (κ2) is 4.86. The van der Waals surface area contributed by atoms with E-state index < -0.39 is 0 Å². The van der Waals surface area contributed by atoms with Crippen molar-refractivity contribution in [1.82, 2.24) is 5.32 Å². The molecular weight excluding hydrogens is 208 g/mol. The van der Waals surface area contributed by atoms with E-state index in [1.54, 1.807) is 0 Å². The van der Waals surface area contributed by atoms with Crippen LogP contribution in [0.2, 0.25) is 5.02 Å². The molecular formula is C12H17ClN2. The second-order valence-corrected chi connectivity index (χ2v) is 4.45. The molecule has 0 radical (unpaired) electrons. The summed E-state index contributed by atoms with van der Waals surface area (Å²) in [6, 6.07) is 6.29. The van der Waals surface area contributed by atoms with Crippen molar-refractivity contribution in [3.8, 4) is 0 Å². The van der Waals surface area contributed by atoms with Crippen LogP contribution in [0.4, 0.5) is 5.69 Å². The average molecular weight is 225 g/mol. The first kappa shape index (κ1) is 10.8. The standard InChI is InChI=1S/C12H17ClN2/c1-10-3-4-12(11(13)9-10)15-7-2-5-14-6-8-15/h3-4,9,14H,2,5-8H2,1H3. The zero-order chi connectivity index (χ0) is 10.7. The fourth-order valence-corrected chi connectivity index (χ4v) is 2.31. The van der Waals surface area contributed by atoms with Crippen LogP contribution in [-0.4, -0.2) is 26.2 Å². The Morgan fingerprint density at radius 2 is 2.13 bits per heavy atom. The maximum absolute atomic E-state index is 6.25. The van der Waals surface area contributed by atoms with Crippen LogP contribution in [0.3, 0.4) is 0 Å². The van der Waals surface area contributed by atoms with Crippen molar-refractivity contribution in [2.24, 2.45) is 0 Å². The fraction of sp³-hybridized carbons (Fsp3) is 0.500. The Hall–Kier alpha value is -0.730. The van der Waals surface area contributed by atoms with E-state index in [0.29, 0.717) is 0 Å². The SMILES string of the molecule is Cc1ccc(N2CCCNCC2)c(Cl)c1. The molecule has 0 spiro atoms. The minimum Gasteiger partial charge on any atom is -0.369 e. The number of nitrogens with one attached hydrogen (secondary N) is 1. The van der Waals surface area contributed by atoms with Crippen molar-refractivity contribution in [2.75, 3.05) is 31.1 Å². The smallest absolute Gasteiger partial charge is 0.0642 e. The van der Waals surface area contributed by atoms with Crippen molar-refractivity contribution in [1.29, 1.82) is 0 Å². The Balaban J connectivity index is 2.19. The summed E-state index contributed by atoms with van der Waals surface area (Å²) in [7, 11) is 0. The van der Waals surface area contributed by atoms with Crippen LogP contribution in [0.25, 0.3) is 0 Å². The van der Waals surface area contributed by atoms with Crippen molar-refractivity contribution in [3.63, 3.8) is 0 Å². The minimum absolute atomic E-state index is 0.872. The molecule has 82 valence electrons. The molecule has 0 unspecified atom stereocenters. The zero-order valence-corrected chi connectivity index (χ0v) is 9.85. The molecule has 0 saturated carbocycles. The Morgan fingerprint density at radius 1 is 1.27 bits per heavy atom. The first-order valence-corrected chi connectivity index (χ1v) is 5.87. The van der Waals surface area contributed by atoms with Crippen molar-refractivity contribution >= 4 is 17.3 Å². The van der Waals surface area contributed by atoms with Crippen molar-refractivity contribution < 1.29 is 0 Å².